The molecule has 0 spiro atoms. The third kappa shape index (κ3) is 3.04. The van der Waals surface area contributed by atoms with Crippen LogP contribution >= 0.6 is 0 Å². The molecular formula is C9H18O2. The van der Waals surface area contributed by atoms with Crippen LogP contribution in [0.1, 0.15) is 26.7 Å². The molecule has 2 nitrogen and oxygen atoms in total. The zero-order valence-electron chi connectivity index (χ0n) is 7.47. The number of hydrogen-bond acceptors (Lipinski definition) is 2. The molecule has 0 heterocycles. The van der Waals surface area contributed by atoms with Crippen molar-refractivity contribution in [1.29, 1.82) is 0 Å². The lowest BCUT2D eigenvalue weighted by Crippen LogP contribution is -2.35. The van der Waals surface area contributed by atoms with E-state index in [0.717, 1.165) is 12.8 Å². The standard InChI is InChI=1S/C9H18O2/c1-4-7-11-9(5-2,6-3)8-10/h4,10H,1,5-8H2,2-3H3. The molecule has 0 unspecified atom stereocenters. The summed E-state index contributed by atoms with van der Waals surface area (Å²) in [6, 6.07) is 0. The number of ether oxygens (including phenoxy) is 1. The molecule has 0 aromatic heterocycles. The van der Waals surface area contributed by atoms with Gasteiger partial charge in [-0.3, -0.25) is 0 Å². The van der Waals surface area contributed by atoms with Crippen LogP contribution in [0.15, 0.2) is 12.7 Å². The SMILES string of the molecule is C=CCOC(CC)(CC)CO. The molecule has 0 bridgehead atoms. The fourth-order valence-electron chi connectivity index (χ4n) is 0.959. The average molecular weight is 158 g/mol. The van der Waals surface area contributed by atoms with Gasteiger partial charge in [-0.15, -0.1) is 6.58 Å². The van der Waals surface area contributed by atoms with Gasteiger partial charge in [-0.1, -0.05) is 19.9 Å². The van der Waals surface area contributed by atoms with Gasteiger partial charge in [0, 0.05) is 0 Å². The summed E-state index contributed by atoms with van der Waals surface area (Å²) in [7, 11) is 0. The van der Waals surface area contributed by atoms with Gasteiger partial charge in [-0.25, -0.2) is 0 Å². The van der Waals surface area contributed by atoms with Crippen molar-refractivity contribution in [3.8, 4) is 0 Å². The van der Waals surface area contributed by atoms with Crippen LogP contribution in [0.3, 0.4) is 0 Å². The van der Waals surface area contributed by atoms with Gasteiger partial charge in [-0.05, 0) is 12.8 Å². The van der Waals surface area contributed by atoms with E-state index in [-0.39, 0.29) is 12.2 Å². The first-order valence-electron chi connectivity index (χ1n) is 4.10. The first-order valence-corrected chi connectivity index (χ1v) is 4.10. The lowest BCUT2D eigenvalue weighted by molar-refractivity contribution is -0.0730. The van der Waals surface area contributed by atoms with Crippen LogP contribution in [0.4, 0.5) is 0 Å². The van der Waals surface area contributed by atoms with Crippen LogP contribution in [-0.2, 0) is 4.74 Å². The first-order chi connectivity index (χ1) is 5.24. The first kappa shape index (κ1) is 10.7. The summed E-state index contributed by atoms with van der Waals surface area (Å²) < 4.78 is 5.46. The number of rotatable bonds is 6. The molecule has 0 saturated carbocycles. The normalized spacial score (nSPS) is 11.5. The summed E-state index contributed by atoms with van der Waals surface area (Å²) in [6.07, 6.45) is 3.39. The molecule has 0 aliphatic heterocycles. The zero-order valence-corrected chi connectivity index (χ0v) is 7.47. The topological polar surface area (TPSA) is 29.5 Å². The molecule has 1 N–H and O–H groups in total. The lowest BCUT2D eigenvalue weighted by atomic mass is 9.98. The monoisotopic (exact) mass is 158 g/mol. The van der Waals surface area contributed by atoms with Crippen molar-refractivity contribution < 1.29 is 9.84 Å². The Hall–Kier alpha value is -0.340. The predicted octanol–water partition coefficient (Wildman–Crippen LogP) is 1.74. The van der Waals surface area contributed by atoms with E-state index >= 15 is 0 Å². The van der Waals surface area contributed by atoms with E-state index < -0.39 is 0 Å². The highest BCUT2D eigenvalue weighted by Crippen LogP contribution is 2.19. The molecule has 0 atom stereocenters. The van der Waals surface area contributed by atoms with E-state index in [1.807, 2.05) is 13.8 Å². The second kappa shape index (κ2) is 5.33. The maximum Gasteiger partial charge on any atom is 0.0911 e. The Kier molecular flexibility index (Phi) is 5.16. The van der Waals surface area contributed by atoms with Crippen molar-refractivity contribution in [3.63, 3.8) is 0 Å². The third-order valence-electron chi connectivity index (χ3n) is 2.08. The Morgan fingerprint density at radius 1 is 1.45 bits per heavy atom. The van der Waals surface area contributed by atoms with Gasteiger partial charge in [-0.2, -0.15) is 0 Å². The summed E-state index contributed by atoms with van der Waals surface area (Å²) in [4.78, 5) is 0. The highest BCUT2D eigenvalue weighted by molar-refractivity contribution is 4.78. The Morgan fingerprint density at radius 2 is 2.00 bits per heavy atom. The minimum absolute atomic E-state index is 0.0911. The van der Waals surface area contributed by atoms with Crippen LogP contribution in [0.25, 0.3) is 0 Å². The summed E-state index contributed by atoms with van der Waals surface area (Å²) in [5.74, 6) is 0. The second-order valence-electron chi connectivity index (χ2n) is 2.65. The van der Waals surface area contributed by atoms with Crippen molar-refractivity contribution in [1.82, 2.24) is 0 Å². The van der Waals surface area contributed by atoms with Gasteiger partial charge in [0.1, 0.15) is 0 Å². The molecule has 0 fully saturated rings. The quantitative estimate of drug-likeness (QED) is 0.597. The number of hydrogen-bond donors (Lipinski definition) is 1. The Labute approximate surface area is 68.9 Å². The van der Waals surface area contributed by atoms with Gasteiger partial charge >= 0.3 is 0 Å². The maximum absolute atomic E-state index is 9.04. The largest absolute Gasteiger partial charge is 0.393 e. The van der Waals surface area contributed by atoms with E-state index in [1.165, 1.54) is 0 Å². The highest BCUT2D eigenvalue weighted by atomic mass is 16.5. The summed E-state index contributed by atoms with van der Waals surface area (Å²) in [5, 5.41) is 9.04. The predicted molar refractivity (Wildman–Crippen MR) is 46.5 cm³/mol. The van der Waals surface area contributed by atoms with Crippen molar-refractivity contribution in [3.05, 3.63) is 12.7 Å². The fourth-order valence-corrected chi connectivity index (χ4v) is 0.959. The summed E-state index contributed by atoms with van der Waals surface area (Å²) in [6.45, 7) is 8.20. The molecule has 66 valence electrons. The molecule has 0 aliphatic carbocycles. The Balaban J connectivity index is 3.93. The smallest absolute Gasteiger partial charge is 0.0911 e. The zero-order chi connectivity index (χ0) is 8.74. The third-order valence-corrected chi connectivity index (χ3v) is 2.08. The molecule has 0 saturated heterocycles. The van der Waals surface area contributed by atoms with Crippen molar-refractivity contribution >= 4 is 0 Å². The van der Waals surface area contributed by atoms with Crippen molar-refractivity contribution in [2.24, 2.45) is 0 Å². The number of aliphatic hydroxyl groups excluding tert-OH is 1. The molecule has 2 heteroatoms. The van der Waals surface area contributed by atoms with Gasteiger partial charge in [0.2, 0.25) is 0 Å². The van der Waals surface area contributed by atoms with E-state index in [1.54, 1.807) is 6.08 Å². The Morgan fingerprint density at radius 3 is 2.27 bits per heavy atom. The van der Waals surface area contributed by atoms with Gasteiger partial charge in [0.05, 0.1) is 18.8 Å². The molecule has 0 aromatic rings. The fraction of sp³-hybridized carbons (Fsp3) is 0.778. The van der Waals surface area contributed by atoms with Crippen molar-refractivity contribution in [2.75, 3.05) is 13.2 Å². The van der Waals surface area contributed by atoms with Crippen LogP contribution in [0.2, 0.25) is 0 Å². The highest BCUT2D eigenvalue weighted by Gasteiger charge is 2.24. The lowest BCUT2D eigenvalue weighted by Gasteiger charge is -2.28. The van der Waals surface area contributed by atoms with Gasteiger partial charge < -0.3 is 9.84 Å². The van der Waals surface area contributed by atoms with E-state index in [0.29, 0.717) is 6.61 Å². The van der Waals surface area contributed by atoms with Crippen LogP contribution < -0.4 is 0 Å². The van der Waals surface area contributed by atoms with E-state index in [2.05, 4.69) is 6.58 Å². The van der Waals surface area contributed by atoms with Crippen LogP contribution in [-0.4, -0.2) is 23.9 Å². The molecule has 11 heavy (non-hydrogen) atoms. The van der Waals surface area contributed by atoms with Crippen molar-refractivity contribution in [2.45, 2.75) is 32.3 Å². The molecule has 0 aromatic carbocycles. The maximum atomic E-state index is 9.04. The molecule has 0 amide bonds. The summed E-state index contributed by atoms with van der Waals surface area (Å²) in [5.41, 5.74) is -0.339. The Bertz CT molecular complexity index is 97.9. The second-order valence-corrected chi connectivity index (χ2v) is 2.65. The van der Waals surface area contributed by atoms with Crippen LogP contribution in [0, 0.1) is 0 Å². The minimum atomic E-state index is -0.339. The average Bonchev–Trinajstić information content (AvgIpc) is 2.08. The molecular weight excluding hydrogens is 140 g/mol. The van der Waals surface area contributed by atoms with Crippen LogP contribution in [0.5, 0.6) is 0 Å². The van der Waals surface area contributed by atoms with Gasteiger partial charge in [0.15, 0.2) is 0 Å². The molecule has 0 radical (unpaired) electrons. The van der Waals surface area contributed by atoms with Gasteiger partial charge in [0.25, 0.3) is 0 Å². The molecule has 0 aliphatic rings. The van der Waals surface area contributed by atoms with E-state index in [4.69, 9.17) is 9.84 Å². The number of aliphatic hydroxyl groups is 1. The van der Waals surface area contributed by atoms with E-state index in [9.17, 15) is 0 Å². The minimum Gasteiger partial charge on any atom is -0.393 e. The molecule has 0 rings (SSSR count). The summed E-state index contributed by atoms with van der Waals surface area (Å²) >= 11 is 0.